The Balaban J connectivity index is 2.30. The highest BCUT2D eigenvalue weighted by Gasteiger charge is 2.24. The second-order valence-corrected chi connectivity index (χ2v) is 4.92. The van der Waals surface area contributed by atoms with Gasteiger partial charge in [-0.15, -0.1) is 0 Å². The number of anilines is 1. The fourth-order valence-corrected chi connectivity index (χ4v) is 2.61. The van der Waals surface area contributed by atoms with Gasteiger partial charge in [-0.25, -0.2) is 4.98 Å². The summed E-state index contributed by atoms with van der Waals surface area (Å²) in [5.74, 6) is 1.15. The van der Waals surface area contributed by atoms with Crippen LogP contribution < -0.4 is 4.90 Å². The van der Waals surface area contributed by atoms with E-state index in [2.05, 4.69) is 47.9 Å². The van der Waals surface area contributed by atoms with Gasteiger partial charge in [0.15, 0.2) is 0 Å². The molecule has 0 aliphatic carbocycles. The third-order valence-electron chi connectivity index (χ3n) is 3.78. The van der Waals surface area contributed by atoms with Crippen molar-refractivity contribution in [2.45, 2.75) is 32.2 Å². The molecule has 2 rings (SSSR count). The van der Waals surface area contributed by atoms with Gasteiger partial charge < -0.3 is 4.90 Å². The van der Waals surface area contributed by atoms with E-state index in [9.17, 15) is 0 Å². The third kappa shape index (κ3) is 2.60. The molecule has 94 valence electrons. The van der Waals surface area contributed by atoms with Crippen molar-refractivity contribution in [3.05, 3.63) is 23.9 Å². The van der Waals surface area contributed by atoms with Crippen molar-refractivity contribution >= 4 is 5.82 Å². The lowest BCUT2D eigenvalue weighted by Crippen LogP contribution is -2.31. The van der Waals surface area contributed by atoms with Gasteiger partial charge in [0.1, 0.15) is 5.82 Å². The second kappa shape index (κ2) is 5.50. The minimum absolute atomic E-state index is 0.543. The summed E-state index contributed by atoms with van der Waals surface area (Å²) in [4.78, 5) is 9.26. The molecule has 1 saturated heterocycles. The van der Waals surface area contributed by atoms with E-state index >= 15 is 0 Å². The lowest BCUT2D eigenvalue weighted by molar-refractivity contribution is 0.187. The Kier molecular flexibility index (Phi) is 4.00. The van der Waals surface area contributed by atoms with Crippen LogP contribution in [-0.2, 0) is 0 Å². The van der Waals surface area contributed by atoms with Crippen LogP contribution in [0.5, 0.6) is 0 Å². The number of piperidine rings is 1. The van der Waals surface area contributed by atoms with Crippen molar-refractivity contribution in [2.24, 2.45) is 0 Å². The number of rotatable bonds is 3. The number of likely N-dealkylation sites (tertiary alicyclic amines) is 1. The summed E-state index contributed by atoms with van der Waals surface area (Å²) in [6, 6.07) is 4.84. The van der Waals surface area contributed by atoms with Crippen LogP contribution in [0.4, 0.5) is 5.82 Å². The van der Waals surface area contributed by atoms with Crippen LogP contribution in [0.1, 0.15) is 37.8 Å². The van der Waals surface area contributed by atoms with Crippen molar-refractivity contribution in [3.8, 4) is 0 Å². The molecule has 1 aromatic rings. The molecule has 0 bridgehead atoms. The topological polar surface area (TPSA) is 19.4 Å². The second-order valence-electron chi connectivity index (χ2n) is 4.92. The largest absolute Gasteiger partial charge is 0.360 e. The summed E-state index contributed by atoms with van der Waals surface area (Å²) < 4.78 is 0. The van der Waals surface area contributed by atoms with E-state index < -0.39 is 0 Å². The van der Waals surface area contributed by atoms with E-state index in [1.54, 1.807) is 0 Å². The van der Waals surface area contributed by atoms with Crippen molar-refractivity contribution in [1.29, 1.82) is 0 Å². The first-order valence-electron chi connectivity index (χ1n) is 6.60. The molecule has 0 unspecified atom stereocenters. The standard InChI is InChI=1S/C14H23N3/c1-4-16(2)14-12(8-7-10-15-14)13-9-5-6-11-17(13)3/h7-8,10,13H,4-6,9,11H2,1-3H3/t13-/m0/s1. The molecule has 1 aromatic heterocycles. The number of hydrogen-bond acceptors (Lipinski definition) is 3. The van der Waals surface area contributed by atoms with Crippen LogP contribution in [0.3, 0.4) is 0 Å². The zero-order valence-corrected chi connectivity index (χ0v) is 11.2. The zero-order valence-electron chi connectivity index (χ0n) is 11.2. The van der Waals surface area contributed by atoms with E-state index in [0.29, 0.717) is 6.04 Å². The molecule has 0 aromatic carbocycles. The molecule has 0 spiro atoms. The highest BCUT2D eigenvalue weighted by Crippen LogP contribution is 2.33. The minimum atomic E-state index is 0.543. The van der Waals surface area contributed by atoms with Gasteiger partial charge in [-0.2, -0.15) is 0 Å². The van der Waals surface area contributed by atoms with Gasteiger partial charge >= 0.3 is 0 Å². The number of aromatic nitrogens is 1. The van der Waals surface area contributed by atoms with E-state index in [1.165, 1.54) is 31.4 Å². The van der Waals surface area contributed by atoms with Gasteiger partial charge in [-0.3, -0.25) is 4.90 Å². The molecule has 1 aliphatic heterocycles. The molecular formula is C14H23N3. The van der Waals surface area contributed by atoms with E-state index in [1.807, 2.05) is 6.20 Å². The Morgan fingerprint density at radius 3 is 3.00 bits per heavy atom. The number of nitrogens with zero attached hydrogens (tertiary/aromatic N) is 3. The summed E-state index contributed by atoms with van der Waals surface area (Å²) in [6.07, 6.45) is 5.81. The molecule has 0 saturated carbocycles. The molecule has 2 heterocycles. The number of hydrogen-bond donors (Lipinski definition) is 0. The highest BCUT2D eigenvalue weighted by atomic mass is 15.2. The molecule has 1 atom stereocenters. The summed E-state index contributed by atoms with van der Waals surface area (Å²) in [7, 11) is 4.35. The van der Waals surface area contributed by atoms with Gasteiger partial charge in [0.05, 0.1) is 0 Å². The summed E-state index contributed by atoms with van der Waals surface area (Å²) in [6.45, 7) is 4.37. The van der Waals surface area contributed by atoms with Gasteiger partial charge in [0, 0.05) is 31.4 Å². The average molecular weight is 233 g/mol. The van der Waals surface area contributed by atoms with Crippen LogP contribution in [0.15, 0.2) is 18.3 Å². The molecule has 0 N–H and O–H groups in total. The van der Waals surface area contributed by atoms with E-state index in [-0.39, 0.29) is 0 Å². The maximum Gasteiger partial charge on any atom is 0.133 e. The predicted octanol–water partition coefficient (Wildman–Crippen LogP) is 2.69. The van der Waals surface area contributed by atoms with Crippen molar-refractivity contribution in [2.75, 3.05) is 32.1 Å². The Morgan fingerprint density at radius 2 is 2.29 bits per heavy atom. The quantitative estimate of drug-likeness (QED) is 0.800. The average Bonchev–Trinajstić information content (AvgIpc) is 2.38. The van der Waals surface area contributed by atoms with Crippen LogP contribution >= 0.6 is 0 Å². The Bertz CT molecular complexity index is 364. The highest BCUT2D eigenvalue weighted by molar-refractivity contribution is 5.47. The fourth-order valence-electron chi connectivity index (χ4n) is 2.61. The SMILES string of the molecule is CCN(C)c1ncccc1[C@@H]1CCCCN1C. The first kappa shape index (κ1) is 12.4. The smallest absolute Gasteiger partial charge is 0.133 e. The van der Waals surface area contributed by atoms with E-state index in [0.717, 1.165) is 12.4 Å². The molecular weight excluding hydrogens is 210 g/mol. The van der Waals surface area contributed by atoms with Gasteiger partial charge in [-0.05, 0) is 39.4 Å². The molecule has 3 nitrogen and oxygen atoms in total. The fraction of sp³-hybridized carbons (Fsp3) is 0.643. The molecule has 1 fully saturated rings. The Morgan fingerprint density at radius 1 is 1.47 bits per heavy atom. The molecule has 17 heavy (non-hydrogen) atoms. The molecule has 0 radical (unpaired) electrons. The van der Waals surface area contributed by atoms with Crippen molar-refractivity contribution < 1.29 is 0 Å². The van der Waals surface area contributed by atoms with Crippen LogP contribution in [0.2, 0.25) is 0 Å². The summed E-state index contributed by atoms with van der Waals surface area (Å²) >= 11 is 0. The molecule has 3 heteroatoms. The first-order valence-corrected chi connectivity index (χ1v) is 6.60. The number of pyridine rings is 1. The van der Waals surface area contributed by atoms with Gasteiger partial charge in [0.25, 0.3) is 0 Å². The minimum Gasteiger partial charge on any atom is -0.360 e. The van der Waals surface area contributed by atoms with Crippen LogP contribution in [0, 0.1) is 0 Å². The Hall–Kier alpha value is -1.09. The normalized spacial score (nSPS) is 21.5. The third-order valence-corrected chi connectivity index (χ3v) is 3.78. The van der Waals surface area contributed by atoms with Crippen molar-refractivity contribution in [1.82, 2.24) is 9.88 Å². The summed E-state index contributed by atoms with van der Waals surface area (Å²) in [5, 5.41) is 0. The van der Waals surface area contributed by atoms with Crippen molar-refractivity contribution in [3.63, 3.8) is 0 Å². The monoisotopic (exact) mass is 233 g/mol. The maximum absolute atomic E-state index is 4.56. The van der Waals surface area contributed by atoms with Gasteiger partial charge in [-0.1, -0.05) is 12.5 Å². The Labute approximate surface area is 104 Å². The summed E-state index contributed by atoms with van der Waals surface area (Å²) in [5.41, 5.74) is 1.39. The predicted molar refractivity (Wildman–Crippen MR) is 72.4 cm³/mol. The van der Waals surface area contributed by atoms with E-state index in [4.69, 9.17) is 0 Å². The van der Waals surface area contributed by atoms with Gasteiger partial charge in [0.2, 0.25) is 0 Å². The zero-order chi connectivity index (χ0) is 12.3. The van der Waals surface area contributed by atoms with Crippen LogP contribution in [0.25, 0.3) is 0 Å². The van der Waals surface area contributed by atoms with Crippen LogP contribution in [-0.4, -0.2) is 37.1 Å². The molecule has 1 aliphatic rings. The molecule has 0 amide bonds. The first-order chi connectivity index (χ1) is 8.24. The lowest BCUT2D eigenvalue weighted by Gasteiger charge is -2.34. The maximum atomic E-state index is 4.56. The lowest BCUT2D eigenvalue weighted by atomic mass is 9.96.